The maximum absolute atomic E-state index is 12.2. The van der Waals surface area contributed by atoms with Gasteiger partial charge in [-0.3, -0.25) is 9.59 Å². The number of fused-ring (bicyclic) bond motifs is 1. The van der Waals surface area contributed by atoms with Crippen LogP contribution in [0.15, 0.2) is 29.0 Å². The number of carbonyl (C=O) groups is 2. The SMILES string of the molecule is O=C(c1ccsc1)c1ccc2n1CCC2C(=O)O. The minimum Gasteiger partial charge on any atom is -0.481 e. The summed E-state index contributed by atoms with van der Waals surface area (Å²) in [5.74, 6) is -1.33. The molecule has 92 valence electrons. The van der Waals surface area contributed by atoms with Crippen molar-refractivity contribution in [3.8, 4) is 0 Å². The maximum atomic E-state index is 12.2. The minimum absolute atomic E-state index is 0.0338. The molecular formula is C13H11NO3S. The Morgan fingerprint density at radius 1 is 1.33 bits per heavy atom. The molecule has 0 amide bonds. The van der Waals surface area contributed by atoms with Gasteiger partial charge in [-0.25, -0.2) is 0 Å². The maximum Gasteiger partial charge on any atom is 0.312 e. The average molecular weight is 261 g/mol. The molecule has 2 aromatic heterocycles. The van der Waals surface area contributed by atoms with E-state index in [1.807, 2.05) is 15.3 Å². The van der Waals surface area contributed by atoms with E-state index in [0.29, 0.717) is 24.2 Å². The van der Waals surface area contributed by atoms with Crippen LogP contribution >= 0.6 is 11.3 Å². The van der Waals surface area contributed by atoms with Gasteiger partial charge in [0.1, 0.15) is 0 Å². The van der Waals surface area contributed by atoms with Gasteiger partial charge in [0.05, 0.1) is 11.6 Å². The van der Waals surface area contributed by atoms with Gasteiger partial charge < -0.3 is 9.67 Å². The first-order valence-corrected chi connectivity index (χ1v) is 6.62. The second-order valence-electron chi connectivity index (χ2n) is 4.32. The topological polar surface area (TPSA) is 59.3 Å². The third-order valence-corrected chi connectivity index (χ3v) is 4.01. The molecule has 0 bridgehead atoms. The number of hydrogen-bond acceptors (Lipinski definition) is 3. The lowest BCUT2D eigenvalue weighted by molar-refractivity contribution is -0.138. The van der Waals surface area contributed by atoms with Crippen LogP contribution in [0.3, 0.4) is 0 Å². The fourth-order valence-corrected chi connectivity index (χ4v) is 3.07. The second kappa shape index (κ2) is 4.10. The highest BCUT2D eigenvalue weighted by Crippen LogP contribution is 2.31. The van der Waals surface area contributed by atoms with Gasteiger partial charge in [-0.2, -0.15) is 11.3 Å². The fourth-order valence-electron chi connectivity index (χ4n) is 2.43. The lowest BCUT2D eigenvalue weighted by Crippen LogP contribution is -2.09. The van der Waals surface area contributed by atoms with Crippen molar-refractivity contribution in [2.45, 2.75) is 18.9 Å². The number of nitrogens with zero attached hydrogens (tertiary/aromatic N) is 1. The largest absolute Gasteiger partial charge is 0.481 e. The molecule has 5 heteroatoms. The van der Waals surface area contributed by atoms with Gasteiger partial charge >= 0.3 is 5.97 Å². The van der Waals surface area contributed by atoms with Crippen LogP contribution in [0.1, 0.15) is 34.1 Å². The van der Waals surface area contributed by atoms with E-state index in [0.717, 1.165) is 5.69 Å². The van der Waals surface area contributed by atoms with Crippen LogP contribution < -0.4 is 0 Å². The molecule has 4 nitrogen and oxygen atoms in total. The molecule has 1 aliphatic heterocycles. The predicted octanol–water partition coefficient (Wildman–Crippen LogP) is 2.35. The summed E-state index contributed by atoms with van der Waals surface area (Å²) >= 11 is 1.48. The highest BCUT2D eigenvalue weighted by molar-refractivity contribution is 7.08. The Bertz CT molecular complexity index is 612. The molecule has 3 heterocycles. The summed E-state index contributed by atoms with van der Waals surface area (Å²) in [6.07, 6.45) is 0.565. The van der Waals surface area contributed by atoms with Gasteiger partial charge in [-0.15, -0.1) is 0 Å². The fraction of sp³-hybridized carbons (Fsp3) is 0.231. The lowest BCUT2D eigenvalue weighted by Gasteiger charge is -2.04. The van der Waals surface area contributed by atoms with Crippen LogP contribution in [-0.4, -0.2) is 21.4 Å². The molecule has 2 aromatic rings. The highest BCUT2D eigenvalue weighted by Gasteiger charge is 2.31. The molecule has 3 rings (SSSR count). The quantitative estimate of drug-likeness (QED) is 0.863. The number of rotatable bonds is 3. The van der Waals surface area contributed by atoms with Crippen LogP contribution in [0.25, 0.3) is 0 Å². The van der Waals surface area contributed by atoms with Crippen molar-refractivity contribution >= 4 is 23.1 Å². The summed E-state index contributed by atoms with van der Waals surface area (Å²) in [7, 11) is 0. The lowest BCUT2D eigenvalue weighted by atomic mass is 10.1. The second-order valence-corrected chi connectivity index (χ2v) is 5.10. The van der Waals surface area contributed by atoms with Gasteiger partial charge in [-0.05, 0) is 30.0 Å². The van der Waals surface area contributed by atoms with Crippen molar-refractivity contribution in [3.05, 3.63) is 45.9 Å². The third kappa shape index (κ3) is 1.59. The Morgan fingerprint density at radius 3 is 2.83 bits per heavy atom. The molecule has 1 atom stereocenters. The molecule has 18 heavy (non-hydrogen) atoms. The zero-order valence-electron chi connectivity index (χ0n) is 9.50. The van der Waals surface area contributed by atoms with E-state index in [9.17, 15) is 9.59 Å². The average Bonchev–Trinajstić information content (AvgIpc) is 3.04. The number of carboxylic acids is 1. The van der Waals surface area contributed by atoms with Crippen LogP contribution in [0, 0.1) is 0 Å². The first-order valence-electron chi connectivity index (χ1n) is 5.67. The number of aromatic nitrogens is 1. The minimum atomic E-state index is -0.818. The first kappa shape index (κ1) is 11.2. The molecular weight excluding hydrogens is 250 g/mol. The molecule has 1 unspecified atom stereocenters. The number of ketones is 1. The number of carboxylic acid groups (broad SMARTS) is 1. The Hall–Kier alpha value is -1.88. The van der Waals surface area contributed by atoms with Crippen molar-refractivity contribution in [1.29, 1.82) is 0 Å². The van der Waals surface area contributed by atoms with E-state index in [2.05, 4.69) is 0 Å². The van der Waals surface area contributed by atoms with Gasteiger partial charge in [0.2, 0.25) is 5.78 Å². The molecule has 0 aliphatic carbocycles. The summed E-state index contributed by atoms with van der Waals surface area (Å²) in [6.45, 7) is 0.602. The standard InChI is InChI=1S/C13H11NO3S/c15-12(8-4-6-18-7-8)11-2-1-10-9(13(16)17)3-5-14(10)11/h1-2,4,6-7,9H,3,5H2,(H,16,17). The zero-order chi connectivity index (χ0) is 12.7. The monoisotopic (exact) mass is 261 g/mol. The van der Waals surface area contributed by atoms with E-state index < -0.39 is 11.9 Å². The molecule has 0 radical (unpaired) electrons. The number of aliphatic carboxylic acids is 1. The van der Waals surface area contributed by atoms with Crippen molar-refractivity contribution < 1.29 is 14.7 Å². The van der Waals surface area contributed by atoms with Crippen LogP contribution in [0.4, 0.5) is 0 Å². The highest BCUT2D eigenvalue weighted by atomic mass is 32.1. The zero-order valence-corrected chi connectivity index (χ0v) is 10.3. The summed E-state index contributed by atoms with van der Waals surface area (Å²) in [5, 5.41) is 12.8. The Kier molecular flexibility index (Phi) is 2.56. The Labute approximate surface area is 107 Å². The first-order chi connectivity index (χ1) is 8.68. The van der Waals surface area contributed by atoms with E-state index in [-0.39, 0.29) is 5.78 Å². The third-order valence-electron chi connectivity index (χ3n) is 3.33. The summed E-state index contributed by atoms with van der Waals surface area (Å²) in [6, 6.07) is 5.27. The Balaban J connectivity index is 2.00. The molecule has 1 N–H and O–H groups in total. The van der Waals surface area contributed by atoms with Crippen molar-refractivity contribution in [3.63, 3.8) is 0 Å². The van der Waals surface area contributed by atoms with Crippen LogP contribution in [0.5, 0.6) is 0 Å². The van der Waals surface area contributed by atoms with E-state index >= 15 is 0 Å². The smallest absolute Gasteiger partial charge is 0.312 e. The summed E-state index contributed by atoms with van der Waals surface area (Å²) < 4.78 is 1.83. The molecule has 0 saturated carbocycles. The number of carbonyl (C=O) groups excluding carboxylic acids is 1. The van der Waals surface area contributed by atoms with E-state index in [1.165, 1.54) is 11.3 Å². The van der Waals surface area contributed by atoms with Gasteiger partial charge in [0.15, 0.2) is 0 Å². The predicted molar refractivity (Wildman–Crippen MR) is 67.2 cm³/mol. The van der Waals surface area contributed by atoms with Crippen molar-refractivity contribution in [2.24, 2.45) is 0 Å². The molecule has 0 spiro atoms. The molecule has 1 aliphatic rings. The Morgan fingerprint density at radius 2 is 2.17 bits per heavy atom. The summed E-state index contributed by atoms with van der Waals surface area (Å²) in [5.41, 5.74) is 1.99. The normalized spacial score (nSPS) is 17.7. The van der Waals surface area contributed by atoms with Crippen LogP contribution in [-0.2, 0) is 11.3 Å². The number of thiophene rings is 1. The van der Waals surface area contributed by atoms with Gasteiger partial charge in [0.25, 0.3) is 0 Å². The number of hydrogen-bond donors (Lipinski definition) is 1. The van der Waals surface area contributed by atoms with Crippen LogP contribution in [0.2, 0.25) is 0 Å². The summed E-state index contributed by atoms with van der Waals surface area (Å²) in [4.78, 5) is 23.3. The van der Waals surface area contributed by atoms with Crippen molar-refractivity contribution in [1.82, 2.24) is 4.57 Å². The van der Waals surface area contributed by atoms with Gasteiger partial charge in [-0.1, -0.05) is 0 Å². The van der Waals surface area contributed by atoms with Gasteiger partial charge in [0, 0.05) is 23.2 Å². The van der Waals surface area contributed by atoms with Crippen molar-refractivity contribution in [2.75, 3.05) is 0 Å². The van der Waals surface area contributed by atoms with E-state index in [4.69, 9.17) is 5.11 Å². The molecule has 0 aromatic carbocycles. The van der Waals surface area contributed by atoms with E-state index in [1.54, 1.807) is 18.2 Å². The molecule has 0 saturated heterocycles. The molecule has 0 fully saturated rings.